The molecule has 30 heavy (non-hydrogen) atoms. The van der Waals surface area contributed by atoms with Crippen molar-refractivity contribution < 1.29 is 4.39 Å². The number of fused-ring (bicyclic) bond motifs is 1. The van der Waals surface area contributed by atoms with Gasteiger partial charge in [-0.3, -0.25) is 4.98 Å². The van der Waals surface area contributed by atoms with E-state index in [0.29, 0.717) is 33.2 Å². The van der Waals surface area contributed by atoms with Crippen molar-refractivity contribution in [1.82, 2.24) is 29.5 Å². The number of rotatable bonds is 4. The molecule has 0 saturated carbocycles. The normalized spacial score (nSPS) is 12.0. The lowest BCUT2D eigenvalue weighted by Gasteiger charge is -2.19. The van der Waals surface area contributed by atoms with Crippen molar-refractivity contribution in [2.45, 2.75) is 19.9 Å². The molecule has 0 aliphatic rings. The fraction of sp³-hybridized carbons (Fsp3) is 0.158. The van der Waals surface area contributed by atoms with E-state index in [1.807, 2.05) is 13.0 Å². The molecule has 11 heteroatoms. The standard InChI is InChI=1S/C19H15ClFN9/c1-9(27-18-13(4-22)17(23)25-8-26-18)14-7-30-19(15(20)10(2)29-30)28-16(14)11-3-12(21)6-24-5-11/h3,5-9H,1-2H3,(H3,23,25,26,27)/t9-/m0/s1. The molecular weight excluding hydrogens is 409 g/mol. The van der Waals surface area contributed by atoms with Crippen LogP contribution in [0.25, 0.3) is 16.9 Å². The molecule has 4 rings (SSSR count). The lowest BCUT2D eigenvalue weighted by molar-refractivity contribution is 0.622. The van der Waals surface area contributed by atoms with Crippen LogP contribution in [0.2, 0.25) is 5.02 Å². The fourth-order valence-corrected chi connectivity index (χ4v) is 3.23. The highest BCUT2D eigenvalue weighted by Crippen LogP contribution is 2.32. The Kier molecular flexibility index (Phi) is 4.89. The molecular formula is C19H15ClFN9. The van der Waals surface area contributed by atoms with Gasteiger partial charge in [-0.2, -0.15) is 10.4 Å². The summed E-state index contributed by atoms with van der Waals surface area (Å²) in [6.07, 6.45) is 5.64. The number of hydrogen-bond donors (Lipinski definition) is 2. The van der Waals surface area contributed by atoms with E-state index in [1.54, 1.807) is 17.6 Å². The van der Waals surface area contributed by atoms with E-state index in [2.05, 4.69) is 30.4 Å². The maximum Gasteiger partial charge on any atom is 0.174 e. The molecule has 9 nitrogen and oxygen atoms in total. The largest absolute Gasteiger partial charge is 0.382 e. The molecule has 0 bridgehead atoms. The van der Waals surface area contributed by atoms with E-state index in [-0.39, 0.29) is 17.2 Å². The Morgan fingerprint density at radius 1 is 1.33 bits per heavy atom. The molecule has 0 aromatic carbocycles. The van der Waals surface area contributed by atoms with Crippen LogP contribution in [-0.2, 0) is 0 Å². The third kappa shape index (κ3) is 3.35. The van der Waals surface area contributed by atoms with Gasteiger partial charge in [0.15, 0.2) is 5.65 Å². The second-order valence-electron chi connectivity index (χ2n) is 6.56. The Labute approximate surface area is 175 Å². The number of aromatic nitrogens is 6. The predicted octanol–water partition coefficient (Wildman–Crippen LogP) is 3.31. The molecule has 0 fully saturated rings. The highest BCUT2D eigenvalue weighted by atomic mass is 35.5. The molecule has 1 atom stereocenters. The lowest BCUT2D eigenvalue weighted by atomic mass is 10.0. The Bertz CT molecular complexity index is 1310. The lowest BCUT2D eigenvalue weighted by Crippen LogP contribution is -2.14. The van der Waals surface area contributed by atoms with Crippen molar-refractivity contribution in [3.05, 3.63) is 58.6 Å². The quantitative estimate of drug-likeness (QED) is 0.511. The number of pyridine rings is 1. The number of nitrogens with zero attached hydrogens (tertiary/aromatic N) is 7. The highest BCUT2D eigenvalue weighted by molar-refractivity contribution is 6.34. The van der Waals surface area contributed by atoms with Crippen LogP contribution >= 0.6 is 11.6 Å². The molecule has 3 N–H and O–H groups in total. The van der Waals surface area contributed by atoms with Crippen molar-refractivity contribution >= 4 is 28.9 Å². The average Bonchev–Trinajstić information content (AvgIpc) is 3.00. The van der Waals surface area contributed by atoms with Gasteiger partial charge in [-0.15, -0.1) is 0 Å². The second kappa shape index (κ2) is 7.53. The third-order valence-corrected chi connectivity index (χ3v) is 4.97. The SMILES string of the molecule is Cc1nn2cc([C@H](C)Nc3ncnc(N)c3C#N)c(-c3cncc(F)c3)nc2c1Cl. The van der Waals surface area contributed by atoms with E-state index in [9.17, 15) is 9.65 Å². The molecule has 0 amide bonds. The van der Waals surface area contributed by atoms with Gasteiger partial charge in [-0.1, -0.05) is 11.6 Å². The number of nitrogen functional groups attached to an aromatic ring is 1. The summed E-state index contributed by atoms with van der Waals surface area (Å²) < 4.78 is 15.4. The van der Waals surface area contributed by atoms with Gasteiger partial charge in [0, 0.05) is 23.5 Å². The van der Waals surface area contributed by atoms with E-state index >= 15 is 0 Å². The number of nitrogens with one attached hydrogen (secondary N) is 1. The number of halogens is 2. The molecule has 4 aromatic heterocycles. The minimum absolute atomic E-state index is 0.0693. The van der Waals surface area contributed by atoms with E-state index < -0.39 is 11.9 Å². The second-order valence-corrected chi connectivity index (χ2v) is 6.94. The number of nitriles is 1. The summed E-state index contributed by atoms with van der Waals surface area (Å²) in [5, 5.41) is 17.3. The first-order chi connectivity index (χ1) is 14.4. The summed E-state index contributed by atoms with van der Waals surface area (Å²) in [7, 11) is 0. The zero-order chi connectivity index (χ0) is 21.4. The van der Waals surface area contributed by atoms with Gasteiger partial charge in [-0.25, -0.2) is 23.9 Å². The summed E-state index contributed by atoms with van der Waals surface area (Å²) >= 11 is 6.33. The summed E-state index contributed by atoms with van der Waals surface area (Å²) in [5.74, 6) is -0.151. The minimum atomic E-state index is -0.494. The fourth-order valence-electron chi connectivity index (χ4n) is 3.06. The monoisotopic (exact) mass is 423 g/mol. The van der Waals surface area contributed by atoms with Crippen LogP contribution < -0.4 is 11.1 Å². The first-order valence-corrected chi connectivity index (χ1v) is 9.20. The first-order valence-electron chi connectivity index (χ1n) is 8.82. The molecule has 0 spiro atoms. The Balaban J connectivity index is 1.88. The maximum absolute atomic E-state index is 13.9. The summed E-state index contributed by atoms with van der Waals surface area (Å²) in [5.41, 5.74) is 8.56. The van der Waals surface area contributed by atoms with Crippen molar-refractivity contribution in [1.29, 1.82) is 5.26 Å². The summed E-state index contributed by atoms with van der Waals surface area (Å²) in [6, 6.07) is 2.92. The molecule has 0 radical (unpaired) electrons. The molecule has 4 aromatic rings. The predicted molar refractivity (Wildman–Crippen MR) is 109 cm³/mol. The van der Waals surface area contributed by atoms with Crippen LogP contribution in [0.1, 0.15) is 29.8 Å². The molecule has 150 valence electrons. The molecule has 0 aliphatic carbocycles. The zero-order valence-corrected chi connectivity index (χ0v) is 16.7. The highest BCUT2D eigenvalue weighted by Gasteiger charge is 2.21. The van der Waals surface area contributed by atoms with E-state index in [0.717, 1.165) is 6.20 Å². The van der Waals surface area contributed by atoms with Crippen LogP contribution in [0, 0.1) is 24.1 Å². The Morgan fingerprint density at radius 3 is 2.87 bits per heavy atom. The Morgan fingerprint density at radius 2 is 2.13 bits per heavy atom. The maximum atomic E-state index is 13.9. The molecule has 4 heterocycles. The summed E-state index contributed by atoms with van der Waals surface area (Å²) in [6.45, 7) is 3.61. The number of nitrogens with two attached hydrogens (primary N) is 1. The van der Waals surface area contributed by atoms with Gasteiger partial charge >= 0.3 is 0 Å². The van der Waals surface area contributed by atoms with E-state index in [1.165, 1.54) is 18.6 Å². The first kappa shape index (κ1) is 19.5. The van der Waals surface area contributed by atoms with Crippen molar-refractivity contribution in [3.8, 4) is 17.3 Å². The zero-order valence-electron chi connectivity index (χ0n) is 15.9. The van der Waals surface area contributed by atoms with Gasteiger partial charge < -0.3 is 11.1 Å². The van der Waals surface area contributed by atoms with Crippen molar-refractivity contribution in [2.24, 2.45) is 0 Å². The van der Waals surface area contributed by atoms with Gasteiger partial charge in [-0.05, 0) is 19.9 Å². The Hall–Kier alpha value is -3.84. The van der Waals surface area contributed by atoms with Gasteiger partial charge in [0.2, 0.25) is 0 Å². The van der Waals surface area contributed by atoms with Gasteiger partial charge in [0.1, 0.15) is 40.4 Å². The van der Waals surface area contributed by atoms with Crippen molar-refractivity contribution in [3.63, 3.8) is 0 Å². The van der Waals surface area contributed by atoms with Crippen LogP contribution in [0.5, 0.6) is 0 Å². The molecule has 0 saturated heterocycles. The van der Waals surface area contributed by atoms with Crippen LogP contribution in [0.4, 0.5) is 16.0 Å². The van der Waals surface area contributed by atoms with Crippen LogP contribution in [-0.4, -0.2) is 29.5 Å². The number of hydrogen-bond acceptors (Lipinski definition) is 8. The average molecular weight is 424 g/mol. The van der Waals surface area contributed by atoms with Crippen LogP contribution in [0.3, 0.4) is 0 Å². The van der Waals surface area contributed by atoms with Gasteiger partial charge in [0.05, 0.1) is 23.6 Å². The third-order valence-electron chi connectivity index (χ3n) is 4.53. The van der Waals surface area contributed by atoms with Gasteiger partial charge in [0.25, 0.3) is 0 Å². The summed E-state index contributed by atoms with van der Waals surface area (Å²) in [4.78, 5) is 16.5. The van der Waals surface area contributed by atoms with Crippen molar-refractivity contribution in [2.75, 3.05) is 11.1 Å². The smallest absolute Gasteiger partial charge is 0.174 e. The number of anilines is 2. The molecule has 0 aliphatic heterocycles. The topological polar surface area (TPSA) is 131 Å². The molecule has 0 unspecified atom stereocenters. The number of aryl methyl sites for hydroxylation is 1. The van der Waals surface area contributed by atoms with E-state index in [4.69, 9.17) is 17.3 Å². The van der Waals surface area contributed by atoms with Crippen LogP contribution in [0.15, 0.2) is 31.0 Å². The minimum Gasteiger partial charge on any atom is -0.382 e.